The maximum atomic E-state index is 13.1. The van der Waals surface area contributed by atoms with Crippen LogP contribution in [-0.2, 0) is 4.74 Å². The maximum Gasteiger partial charge on any atom is 0.404 e. The van der Waals surface area contributed by atoms with Crippen molar-refractivity contribution >= 4 is 12.0 Å². The molecule has 0 radical (unpaired) electrons. The van der Waals surface area contributed by atoms with Crippen LogP contribution in [0.1, 0.15) is 10.4 Å². The van der Waals surface area contributed by atoms with Gasteiger partial charge >= 0.3 is 6.09 Å². The zero-order valence-electron chi connectivity index (χ0n) is 8.70. The van der Waals surface area contributed by atoms with Crippen LogP contribution in [0.25, 0.3) is 0 Å². The van der Waals surface area contributed by atoms with Crippen LogP contribution in [0.4, 0.5) is 13.6 Å². The van der Waals surface area contributed by atoms with Gasteiger partial charge in [0.1, 0.15) is 18.2 Å². The van der Waals surface area contributed by atoms with Crippen LogP contribution < -0.4 is 11.1 Å². The molecule has 0 saturated carbocycles. The van der Waals surface area contributed by atoms with Gasteiger partial charge in [-0.25, -0.2) is 13.6 Å². The third kappa shape index (κ3) is 4.06. The molecule has 0 aromatic heterocycles. The largest absolute Gasteiger partial charge is 0.448 e. The molecule has 5 nitrogen and oxygen atoms in total. The highest BCUT2D eigenvalue weighted by Gasteiger charge is 2.11. The highest BCUT2D eigenvalue weighted by Crippen LogP contribution is 2.08. The molecule has 0 fully saturated rings. The van der Waals surface area contributed by atoms with Gasteiger partial charge in [-0.3, -0.25) is 4.79 Å². The molecule has 0 aliphatic heterocycles. The average Bonchev–Trinajstić information content (AvgIpc) is 2.23. The lowest BCUT2D eigenvalue weighted by atomic mass is 10.2. The molecule has 3 N–H and O–H groups in total. The lowest BCUT2D eigenvalue weighted by Crippen LogP contribution is -2.29. The Morgan fingerprint density at radius 1 is 1.35 bits per heavy atom. The van der Waals surface area contributed by atoms with E-state index in [0.717, 1.165) is 12.1 Å². The summed E-state index contributed by atoms with van der Waals surface area (Å²) < 4.78 is 30.0. The van der Waals surface area contributed by atoms with E-state index in [1.165, 1.54) is 0 Å². The van der Waals surface area contributed by atoms with Gasteiger partial charge in [0.2, 0.25) is 0 Å². The van der Waals surface area contributed by atoms with Crippen LogP contribution in [0.3, 0.4) is 0 Å². The summed E-state index contributed by atoms with van der Waals surface area (Å²) in [6.07, 6.45) is -0.966. The number of primary amides is 1. The van der Waals surface area contributed by atoms with E-state index in [1.807, 2.05) is 0 Å². The first-order valence-corrected chi connectivity index (χ1v) is 4.66. The monoisotopic (exact) mass is 244 g/mol. The highest BCUT2D eigenvalue weighted by atomic mass is 19.1. The summed E-state index contributed by atoms with van der Waals surface area (Å²) in [4.78, 5) is 21.6. The number of hydrogen-bond acceptors (Lipinski definition) is 3. The lowest BCUT2D eigenvalue weighted by Gasteiger charge is -2.06. The Balaban J connectivity index is 2.50. The number of nitrogens with one attached hydrogen (secondary N) is 1. The predicted molar refractivity (Wildman–Crippen MR) is 54.2 cm³/mol. The first-order valence-electron chi connectivity index (χ1n) is 4.66. The van der Waals surface area contributed by atoms with E-state index in [4.69, 9.17) is 0 Å². The number of carbonyl (C=O) groups is 2. The Morgan fingerprint density at radius 3 is 2.65 bits per heavy atom. The van der Waals surface area contributed by atoms with Crippen molar-refractivity contribution in [3.8, 4) is 0 Å². The van der Waals surface area contributed by atoms with E-state index in [-0.39, 0.29) is 18.7 Å². The molecule has 0 heterocycles. The Hall–Kier alpha value is -2.18. The lowest BCUT2D eigenvalue weighted by molar-refractivity contribution is 0.0932. The molecule has 0 unspecified atom stereocenters. The molecule has 0 bridgehead atoms. The van der Waals surface area contributed by atoms with Crippen LogP contribution in [0, 0.1) is 11.6 Å². The number of nitrogens with two attached hydrogens (primary N) is 1. The smallest absolute Gasteiger partial charge is 0.404 e. The number of hydrogen-bond donors (Lipinski definition) is 2. The van der Waals surface area contributed by atoms with Gasteiger partial charge in [-0.2, -0.15) is 0 Å². The first kappa shape index (κ1) is 12.9. The molecule has 0 atom stereocenters. The number of amides is 2. The average molecular weight is 244 g/mol. The van der Waals surface area contributed by atoms with Gasteiger partial charge in [0.25, 0.3) is 5.91 Å². The van der Waals surface area contributed by atoms with Crippen molar-refractivity contribution in [1.82, 2.24) is 5.32 Å². The van der Waals surface area contributed by atoms with Crippen LogP contribution in [0.5, 0.6) is 0 Å². The number of ether oxygens (including phenoxy) is 1. The van der Waals surface area contributed by atoms with E-state index in [0.29, 0.717) is 6.07 Å². The van der Waals surface area contributed by atoms with Crippen molar-refractivity contribution in [3.63, 3.8) is 0 Å². The van der Waals surface area contributed by atoms with Crippen LogP contribution in [0.2, 0.25) is 0 Å². The Bertz CT molecular complexity index is 438. The third-order valence-electron chi connectivity index (χ3n) is 1.81. The van der Waals surface area contributed by atoms with Crippen molar-refractivity contribution in [2.24, 2.45) is 5.73 Å². The van der Waals surface area contributed by atoms with Gasteiger partial charge < -0.3 is 15.8 Å². The fourth-order valence-corrected chi connectivity index (χ4v) is 1.09. The topological polar surface area (TPSA) is 81.4 Å². The van der Waals surface area contributed by atoms with Gasteiger partial charge in [-0.05, 0) is 12.1 Å². The molecule has 1 rings (SSSR count). The number of carbonyl (C=O) groups excluding carboxylic acids is 2. The summed E-state index contributed by atoms with van der Waals surface area (Å²) in [5.41, 5.74) is 4.40. The zero-order valence-corrected chi connectivity index (χ0v) is 8.70. The maximum absolute atomic E-state index is 13.1. The number of rotatable bonds is 4. The molecule has 0 aliphatic carbocycles. The molecule has 1 aromatic carbocycles. The molecular weight excluding hydrogens is 234 g/mol. The summed E-state index contributed by atoms with van der Waals surface area (Å²) >= 11 is 0. The van der Waals surface area contributed by atoms with E-state index >= 15 is 0 Å². The summed E-state index contributed by atoms with van der Waals surface area (Å²) in [5, 5.41) is 2.28. The molecule has 0 aliphatic rings. The molecule has 0 spiro atoms. The van der Waals surface area contributed by atoms with Crippen LogP contribution >= 0.6 is 0 Å². The first-order chi connectivity index (χ1) is 8.00. The number of benzene rings is 1. The highest BCUT2D eigenvalue weighted by molar-refractivity contribution is 5.94. The molecule has 0 saturated heterocycles. The van der Waals surface area contributed by atoms with Crippen LogP contribution in [-0.4, -0.2) is 25.2 Å². The second-order valence-corrected chi connectivity index (χ2v) is 3.05. The van der Waals surface area contributed by atoms with Crippen molar-refractivity contribution in [3.05, 3.63) is 35.4 Å². The Labute approximate surface area is 95.5 Å². The van der Waals surface area contributed by atoms with Crippen molar-refractivity contribution < 1.29 is 23.1 Å². The van der Waals surface area contributed by atoms with Crippen molar-refractivity contribution in [1.29, 1.82) is 0 Å². The fourth-order valence-electron chi connectivity index (χ4n) is 1.09. The molecular formula is C10H10F2N2O3. The van der Waals surface area contributed by atoms with Gasteiger partial charge in [0.05, 0.1) is 12.1 Å². The SMILES string of the molecule is NC(=O)OCCNC(=O)c1ccc(F)cc1F. The minimum Gasteiger partial charge on any atom is -0.448 e. The Morgan fingerprint density at radius 2 is 2.06 bits per heavy atom. The predicted octanol–water partition coefficient (Wildman–Crippen LogP) is 0.790. The second-order valence-electron chi connectivity index (χ2n) is 3.05. The number of halogens is 2. The van der Waals surface area contributed by atoms with Gasteiger partial charge in [-0.1, -0.05) is 0 Å². The van der Waals surface area contributed by atoms with E-state index in [1.54, 1.807) is 0 Å². The van der Waals surface area contributed by atoms with Crippen molar-refractivity contribution in [2.75, 3.05) is 13.2 Å². The fraction of sp³-hybridized carbons (Fsp3) is 0.200. The normalized spacial score (nSPS) is 9.76. The summed E-state index contributed by atoms with van der Waals surface area (Å²) in [6.45, 7) is -0.136. The quantitative estimate of drug-likeness (QED) is 0.768. The minimum absolute atomic E-state index is 0.0153. The third-order valence-corrected chi connectivity index (χ3v) is 1.81. The van der Waals surface area contributed by atoms with E-state index in [2.05, 4.69) is 15.8 Å². The van der Waals surface area contributed by atoms with Gasteiger partial charge in [0.15, 0.2) is 0 Å². The van der Waals surface area contributed by atoms with Gasteiger partial charge in [0, 0.05) is 6.07 Å². The summed E-state index contributed by atoms with van der Waals surface area (Å²) in [5.74, 6) is -2.45. The molecule has 7 heteroatoms. The molecule has 1 aromatic rings. The van der Waals surface area contributed by atoms with E-state index in [9.17, 15) is 18.4 Å². The van der Waals surface area contributed by atoms with Crippen molar-refractivity contribution in [2.45, 2.75) is 0 Å². The standard InChI is InChI=1S/C10H10F2N2O3/c11-6-1-2-7(8(12)5-6)9(15)14-3-4-17-10(13)16/h1-2,5H,3-4H2,(H2,13,16)(H,14,15). The zero-order chi connectivity index (χ0) is 12.8. The second kappa shape index (κ2) is 5.78. The minimum atomic E-state index is -0.966. The molecule has 17 heavy (non-hydrogen) atoms. The summed E-state index contributed by atoms with van der Waals surface area (Å²) in [7, 11) is 0. The Kier molecular flexibility index (Phi) is 4.38. The summed E-state index contributed by atoms with van der Waals surface area (Å²) in [6, 6.07) is 2.60. The van der Waals surface area contributed by atoms with Gasteiger partial charge in [-0.15, -0.1) is 0 Å². The molecule has 92 valence electrons. The molecule has 2 amide bonds. The van der Waals surface area contributed by atoms with Crippen LogP contribution in [0.15, 0.2) is 18.2 Å². The van der Waals surface area contributed by atoms with E-state index < -0.39 is 23.6 Å².